The van der Waals surface area contributed by atoms with Crippen molar-refractivity contribution in [3.63, 3.8) is 0 Å². The van der Waals surface area contributed by atoms with E-state index in [9.17, 15) is 14.3 Å². The first-order chi connectivity index (χ1) is 7.30. The number of aliphatic hydroxyl groups is 1. The highest BCUT2D eigenvalue weighted by molar-refractivity contribution is 9.10. The summed E-state index contributed by atoms with van der Waals surface area (Å²) in [4.78, 5) is 11.3. The molecular formula is C10H11BrFO3P. The van der Waals surface area contributed by atoms with Gasteiger partial charge in [0.15, 0.2) is 5.60 Å². The molecule has 1 rings (SSSR count). The molecule has 3 nitrogen and oxygen atoms in total. The fraction of sp³-hybridized carbons (Fsp3) is 0.300. The van der Waals surface area contributed by atoms with Gasteiger partial charge in [0.25, 0.3) is 0 Å². The van der Waals surface area contributed by atoms with Crippen LogP contribution in [0.4, 0.5) is 4.39 Å². The highest BCUT2D eigenvalue weighted by atomic mass is 79.9. The predicted molar refractivity (Wildman–Crippen MR) is 65.0 cm³/mol. The molecule has 0 heterocycles. The van der Waals surface area contributed by atoms with Crippen molar-refractivity contribution in [3.05, 3.63) is 28.0 Å². The SMILES string of the molecule is COC(=O)C(C)(O)c1cc(F)c(Br)c(P)c1. The number of carbonyl (C=O) groups is 1. The zero-order valence-electron chi connectivity index (χ0n) is 8.75. The summed E-state index contributed by atoms with van der Waals surface area (Å²) in [7, 11) is 3.47. The Morgan fingerprint density at radius 2 is 2.19 bits per heavy atom. The molecule has 0 aromatic heterocycles. The van der Waals surface area contributed by atoms with Gasteiger partial charge in [-0.3, -0.25) is 0 Å². The zero-order valence-corrected chi connectivity index (χ0v) is 11.5. The maximum atomic E-state index is 13.4. The van der Waals surface area contributed by atoms with Gasteiger partial charge in [0, 0.05) is 0 Å². The second-order valence-electron chi connectivity index (χ2n) is 3.43. The van der Waals surface area contributed by atoms with Crippen LogP contribution in [0, 0.1) is 5.82 Å². The van der Waals surface area contributed by atoms with Crippen molar-refractivity contribution in [1.29, 1.82) is 0 Å². The summed E-state index contributed by atoms with van der Waals surface area (Å²) in [5, 5.41) is 10.4. The molecule has 0 radical (unpaired) electrons. The molecular weight excluding hydrogens is 298 g/mol. The number of halogens is 2. The number of benzene rings is 1. The van der Waals surface area contributed by atoms with Gasteiger partial charge in [-0.15, -0.1) is 9.24 Å². The first-order valence-corrected chi connectivity index (χ1v) is 5.73. The molecule has 1 aromatic carbocycles. The molecule has 0 spiro atoms. The second kappa shape index (κ2) is 4.78. The Hall–Kier alpha value is -0.510. The minimum Gasteiger partial charge on any atom is -0.467 e. The molecule has 0 aliphatic rings. The Morgan fingerprint density at radius 1 is 1.62 bits per heavy atom. The lowest BCUT2D eigenvalue weighted by Crippen LogP contribution is -2.34. The Balaban J connectivity index is 3.29. The molecule has 2 unspecified atom stereocenters. The molecule has 0 fully saturated rings. The van der Waals surface area contributed by atoms with Gasteiger partial charge < -0.3 is 9.84 Å². The highest BCUT2D eigenvalue weighted by Gasteiger charge is 2.34. The Morgan fingerprint density at radius 3 is 2.62 bits per heavy atom. The summed E-state index contributed by atoms with van der Waals surface area (Å²) >= 11 is 3.04. The molecule has 0 saturated heterocycles. The summed E-state index contributed by atoms with van der Waals surface area (Å²) in [5.74, 6) is -1.38. The van der Waals surface area contributed by atoms with Crippen LogP contribution in [0.1, 0.15) is 12.5 Å². The summed E-state index contributed by atoms with van der Waals surface area (Å²) in [6.07, 6.45) is 0. The van der Waals surface area contributed by atoms with Crippen molar-refractivity contribution in [2.75, 3.05) is 7.11 Å². The van der Waals surface area contributed by atoms with Crippen molar-refractivity contribution >= 4 is 36.4 Å². The minimum atomic E-state index is -1.86. The van der Waals surface area contributed by atoms with E-state index in [2.05, 4.69) is 29.9 Å². The first-order valence-electron chi connectivity index (χ1n) is 4.36. The average molecular weight is 309 g/mol. The molecule has 0 aliphatic heterocycles. The maximum Gasteiger partial charge on any atom is 0.342 e. The first kappa shape index (κ1) is 13.6. The van der Waals surface area contributed by atoms with Crippen molar-refractivity contribution in [2.24, 2.45) is 0 Å². The molecule has 0 bridgehead atoms. The summed E-state index contributed by atoms with van der Waals surface area (Å²) in [5.41, 5.74) is -1.72. The number of hydrogen-bond donors (Lipinski definition) is 1. The molecule has 1 aromatic rings. The van der Waals surface area contributed by atoms with Crippen molar-refractivity contribution in [2.45, 2.75) is 12.5 Å². The summed E-state index contributed by atoms with van der Waals surface area (Å²) in [6, 6.07) is 2.59. The van der Waals surface area contributed by atoms with Crippen LogP contribution in [-0.2, 0) is 15.1 Å². The van der Waals surface area contributed by atoms with Crippen molar-refractivity contribution < 1.29 is 19.0 Å². The molecule has 16 heavy (non-hydrogen) atoms. The van der Waals surface area contributed by atoms with Crippen LogP contribution in [0.5, 0.6) is 0 Å². The number of rotatable bonds is 2. The van der Waals surface area contributed by atoms with E-state index in [1.54, 1.807) is 0 Å². The molecule has 0 saturated carbocycles. The van der Waals surface area contributed by atoms with E-state index in [1.807, 2.05) is 0 Å². The van der Waals surface area contributed by atoms with Crippen LogP contribution in [0.3, 0.4) is 0 Å². The van der Waals surface area contributed by atoms with E-state index < -0.39 is 17.4 Å². The van der Waals surface area contributed by atoms with Crippen LogP contribution >= 0.6 is 25.2 Å². The Labute approximate surface area is 103 Å². The van der Waals surface area contributed by atoms with E-state index in [0.717, 1.165) is 13.2 Å². The van der Waals surface area contributed by atoms with E-state index in [-0.39, 0.29) is 10.0 Å². The van der Waals surface area contributed by atoms with Crippen LogP contribution in [-0.4, -0.2) is 18.2 Å². The van der Waals surface area contributed by atoms with Gasteiger partial charge in [0.1, 0.15) is 5.82 Å². The van der Waals surface area contributed by atoms with Crippen LogP contribution in [0.15, 0.2) is 16.6 Å². The molecule has 0 aliphatic carbocycles. The standard InChI is InChI=1S/C10H11BrFO3P/c1-10(14,9(13)15-2)5-3-6(12)8(11)7(16)4-5/h3-4,14H,16H2,1-2H3. The normalized spacial score (nSPS) is 14.4. The molecule has 1 N–H and O–H groups in total. The lowest BCUT2D eigenvalue weighted by molar-refractivity contribution is -0.161. The number of methoxy groups -OCH3 is 1. The quantitative estimate of drug-likeness (QED) is 0.665. The maximum absolute atomic E-state index is 13.4. The number of esters is 1. The summed E-state index contributed by atoms with van der Waals surface area (Å²) in [6.45, 7) is 1.26. The molecule has 6 heteroatoms. The second-order valence-corrected chi connectivity index (χ2v) is 4.84. The van der Waals surface area contributed by atoms with Gasteiger partial charge >= 0.3 is 5.97 Å². The van der Waals surface area contributed by atoms with E-state index in [1.165, 1.54) is 13.0 Å². The Bertz CT molecular complexity index is 411. The van der Waals surface area contributed by atoms with Crippen LogP contribution < -0.4 is 5.30 Å². The zero-order chi connectivity index (χ0) is 12.5. The smallest absolute Gasteiger partial charge is 0.342 e. The number of carbonyl (C=O) groups excluding carboxylic acids is 1. The largest absolute Gasteiger partial charge is 0.467 e. The molecule has 88 valence electrons. The minimum absolute atomic E-state index is 0.144. The lowest BCUT2D eigenvalue weighted by Gasteiger charge is -2.21. The lowest BCUT2D eigenvalue weighted by atomic mass is 9.96. The monoisotopic (exact) mass is 308 g/mol. The average Bonchev–Trinajstić information content (AvgIpc) is 2.23. The van der Waals surface area contributed by atoms with E-state index in [4.69, 9.17) is 0 Å². The van der Waals surface area contributed by atoms with Gasteiger partial charge in [-0.05, 0) is 45.9 Å². The fourth-order valence-electron chi connectivity index (χ4n) is 1.21. The number of hydrogen-bond acceptors (Lipinski definition) is 3. The fourth-order valence-corrected chi connectivity index (χ4v) is 1.75. The predicted octanol–water partition coefficient (Wildman–Crippen LogP) is 1.47. The van der Waals surface area contributed by atoms with Crippen LogP contribution in [0.25, 0.3) is 0 Å². The van der Waals surface area contributed by atoms with Gasteiger partial charge in [-0.2, -0.15) is 0 Å². The molecule has 0 amide bonds. The number of ether oxygens (including phenoxy) is 1. The van der Waals surface area contributed by atoms with Crippen molar-refractivity contribution in [1.82, 2.24) is 0 Å². The highest BCUT2D eigenvalue weighted by Crippen LogP contribution is 2.26. The molecule has 2 atom stereocenters. The van der Waals surface area contributed by atoms with E-state index in [0.29, 0.717) is 5.30 Å². The van der Waals surface area contributed by atoms with E-state index >= 15 is 0 Å². The van der Waals surface area contributed by atoms with Crippen LogP contribution in [0.2, 0.25) is 0 Å². The third-order valence-corrected chi connectivity index (χ3v) is 3.92. The topological polar surface area (TPSA) is 46.5 Å². The van der Waals surface area contributed by atoms with Crippen molar-refractivity contribution in [3.8, 4) is 0 Å². The van der Waals surface area contributed by atoms with Gasteiger partial charge in [0.05, 0.1) is 11.6 Å². The third kappa shape index (κ3) is 2.42. The summed E-state index contributed by atoms with van der Waals surface area (Å²) < 4.78 is 18.1. The van der Waals surface area contributed by atoms with Gasteiger partial charge in [0.2, 0.25) is 0 Å². The van der Waals surface area contributed by atoms with Gasteiger partial charge in [-0.25, -0.2) is 9.18 Å². The Kier molecular flexibility index (Phi) is 4.05. The third-order valence-electron chi connectivity index (χ3n) is 2.20. The van der Waals surface area contributed by atoms with Gasteiger partial charge in [-0.1, -0.05) is 0 Å².